The van der Waals surface area contributed by atoms with Crippen LogP contribution in [-0.4, -0.2) is 28.1 Å². The van der Waals surface area contributed by atoms with Crippen LogP contribution < -0.4 is 10.6 Å². The second-order valence-corrected chi connectivity index (χ2v) is 9.03. The first-order valence-corrected chi connectivity index (χ1v) is 11.6. The van der Waals surface area contributed by atoms with E-state index in [1.54, 1.807) is 30.3 Å². The van der Waals surface area contributed by atoms with Crippen LogP contribution in [0.25, 0.3) is 10.6 Å². The molecule has 1 atom stereocenters. The Morgan fingerprint density at radius 2 is 1.73 bits per heavy atom. The van der Waals surface area contributed by atoms with Crippen molar-refractivity contribution in [3.8, 4) is 10.6 Å². The van der Waals surface area contributed by atoms with Gasteiger partial charge in [-0.15, -0.1) is 10.2 Å². The van der Waals surface area contributed by atoms with Crippen LogP contribution in [-0.2, 0) is 11.2 Å². The molecule has 4 rings (SSSR count). The summed E-state index contributed by atoms with van der Waals surface area (Å²) in [5.41, 5.74) is 2.03. The predicted octanol–water partition coefficient (Wildman–Crippen LogP) is 5.09. The molecule has 0 saturated carbocycles. The van der Waals surface area contributed by atoms with E-state index in [4.69, 9.17) is 0 Å². The van der Waals surface area contributed by atoms with Crippen LogP contribution in [0.1, 0.15) is 15.9 Å². The molecule has 2 amide bonds. The molecule has 0 aliphatic heterocycles. The van der Waals surface area contributed by atoms with E-state index in [1.807, 2.05) is 36.4 Å². The summed E-state index contributed by atoms with van der Waals surface area (Å²) in [5.74, 6) is -1.12. The fraction of sp³-hybridized carbons (Fsp3) is 0.0833. The number of amides is 2. The number of benzene rings is 3. The molecule has 3 aromatic carbocycles. The first-order valence-electron chi connectivity index (χ1n) is 9.98. The first-order chi connectivity index (χ1) is 16.0. The van der Waals surface area contributed by atoms with E-state index in [0.717, 1.165) is 10.0 Å². The molecule has 0 bridgehead atoms. The van der Waals surface area contributed by atoms with E-state index in [-0.39, 0.29) is 16.9 Å². The van der Waals surface area contributed by atoms with Gasteiger partial charge >= 0.3 is 0 Å². The summed E-state index contributed by atoms with van der Waals surface area (Å²) in [7, 11) is 0. The van der Waals surface area contributed by atoms with Crippen molar-refractivity contribution in [2.75, 3.05) is 5.32 Å². The van der Waals surface area contributed by atoms with Crippen molar-refractivity contribution in [2.45, 2.75) is 12.5 Å². The van der Waals surface area contributed by atoms with Gasteiger partial charge in [0.15, 0.2) is 0 Å². The SMILES string of the molecule is O=C(N[C@H](Cc1ccccc1)C(=O)Nc1nnc(-c2ccc(F)cc2)s1)c1cccc(Br)c1. The maximum Gasteiger partial charge on any atom is 0.251 e. The van der Waals surface area contributed by atoms with Crippen molar-refractivity contribution < 1.29 is 14.0 Å². The average Bonchev–Trinajstić information content (AvgIpc) is 3.28. The molecule has 33 heavy (non-hydrogen) atoms. The van der Waals surface area contributed by atoms with Gasteiger partial charge in [-0.2, -0.15) is 0 Å². The van der Waals surface area contributed by atoms with E-state index >= 15 is 0 Å². The molecule has 1 heterocycles. The van der Waals surface area contributed by atoms with Crippen molar-refractivity contribution in [2.24, 2.45) is 0 Å². The summed E-state index contributed by atoms with van der Waals surface area (Å²) in [6.45, 7) is 0. The molecule has 0 unspecified atom stereocenters. The minimum absolute atomic E-state index is 0.286. The van der Waals surface area contributed by atoms with Gasteiger partial charge in [0, 0.05) is 22.0 Å². The second kappa shape index (κ2) is 10.5. The molecule has 9 heteroatoms. The van der Waals surface area contributed by atoms with Gasteiger partial charge in [-0.05, 0) is 48.0 Å². The third-order valence-corrected chi connectivity index (χ3v) is 6.12. The molecule has 0 aliphatic rings. The number of aromatic nitrogens is 2. The van der Waals surface area contributed by atoms with Gasteiger partial charge in [0.05, 0.1) is 0 Å². The predicted molar refractivity (Wildman–Crippen MR) is 129 cm³/mol. The van der Waals surface area contributed by atoms with E-state index in [1.165, 1.54) is 23.5 Å². The van der Waals surface area contributed by atoms with E-state index in [2.05, 4.69) is 36.8 Å². The number of hydrogen-bond acceptors (Lipinski definition) is 5. The Kier molecular flexibility index (Phi) is 7.21. The number of rotatable bonds is 7. The molecule has 0 spiro atoms. The van der Waals surface area contributed by atoms with E-state index in [9.17, 15) is 14.0 Å². The Hall–Kier alpha value is -3.43. The van der Waals surface area contributed by atoms with Gasteiger partial charge < -0.3 is 5.32 Å². The van der Waals surface area contributed by atoms with Crippen LogP contribution in [0.3, 0.4) is 0 Å². The molecule has 4 aromatic rings. The Bertz CT molecular complexity index is 1260. The Morgan fingerprint density at radius 3 is 2.45 bits per heavy atom. The van der Waals surface area contributed by atoms with Gasteiger partial charge in [-0.25, -0.2) is 4.39 Å². The first kappa shape index (κ1) is 22.8. The van der Waals surface area contributed by atoms with Gasteiger partial charge in [-0.3, -0.25) is 14.9 Å². The van der Waals surface area contributed by atoms with Crippen molar-refractivity contribution in [1.29, 1.82) is 0 Å². The van der Waals surface area contributed by atoms with Crippen molar-refractivity contribution in [3.63, 3.8) is 0 Å². The zero-order valence-electron chi connectivity index (χ0n) is 17.2. The van der Waals surface area contributed by atoms with Crippen LogP contribution in [0.2, 0.25) is 0 Å². The van der Waals surface area contributed by atoms with E-state index < -0.39 is 11.9 Å². The highest BCUT2D eigenvalue weighted by Crippen LogP contribution is 2.26. The van der Waals surface area contributed by atoms with Gasteiger partial charge in [0.2, 0.25) is 11.0 Å². The van der Waals surface area contributed by atoms with Crippen LogP contribution in [0.4, 0.5) is 9.52 Å². The van der Waals surface area contributed by atoms with Crippen molar-refractivity contribution >= 4 is 44.2 Å². The summed E-state index contributed by atoms with van der Waals surface area (Å²) >= 11 is 4.52. The fourth-order valence-electron chi connectivity index (χ4n) is 3.11. The lowest BCUT2D eigenvalue weighted by Crippen LogP contribution is -2.45. The fourth-order valence-corrected chi connectivity index (χ4v) is 4.26. The molecule has 2 N–H and O–H groups in total. The smallest absolute Gasteiger partial charge is 0.251 e. The highest BCUT2D eigenvalue weighted by atomic mass is 79.9. The number of nitrogens with zero attached hydrogens (tertiary/aromatic N) is 2. The number of nitrogens with one attached hydrogen (secondary N) is 2. The standard InChI is InChI=1S/C24H18BrFN4O2S/c25-18-8-4-7-17(14-18)21(31)27-20(13-15-5-2-1-3-6-15)22(32)28-24-30-29-23(33-24)16-9-11-19(26)12-10-16/h1-12,14,20H,13H2,(H,27,31)(H,28,30,32)/t20-/m1/s1. The Balaban J connectivity index is 1.51. The van der Waals surface area contributed by atoms with Crippen LogP contribution in [0.15, 0.2) is 83.3 Å². The third kappa shape index (κ3) is 6.09. The van der Waals surface area contributed by atoms with E-state index in [0.29, 0.717) is 22.6 Å². The minimum Gasteiger partial charge on any atom is -0.340 e. The highest BCUT2D eigenvalue weighted by molar-refractivity contribution is 9.10. The lowest BCUT2D eigenvalue weighted by molar-refractivity contribution is -0.118. The molecule has 1 aromatic heterocycles. The second-order valence-electron chi connectivity index (χ2n) is 7.13. The summed E-state index contributed by atoms with van der Waals surface area (Å²) < 4.78 is 13.9. The van der Waals surface area contributed by atoms with Gasteiger partial charge in [0.1, 0.15) is 16.9 Å². The Labute approximate surface area is 202 Å². The van der Waals surface area contributed by atoms with Gasteiger partial charge in [-0.1, -0.05) is 63.7 Å². The lowest BCUT2D eigenvalue weighted by Gasteiger charge is -2.18. The quantitative estimate of drug-likeness (QED) is 0.352. The molecule has 6 nitrogen and oxygen atoms in total. The largest absolute Gasteiger partial charge is 0.340 e. The molecule has 0 saturated heterocycles. The minimum atomic E-state index is -0.836. The molecular weight excluding hydrogens is 507 g/mol. The highest BCUT2D eigenvalue weighted by Gasteiger charge is 2.23. The van der Waals surface area contributed by atoms with Crippen LogP contribution in [0.5, 0.6) is 0 Å². The topological polar surface area (TPSA) is 84.0 Å². The number of anilines is 1. The molecular formula is C24H18BrFN4O2S. The monoisotopic (exact) mass is 524 g/mol. The third-order valence-electron chi connectivity index (χ3n) is 4.74. The van der Waals surface area contributed by atoms with Crippen molar-refractivity contribution in [3.05, 3.63) is 100 Å². The van der Waals surface area contributed by atoms with Gasteiger partial charge in [0.25, 0.3) is 5.91 Å². The molecule has 0 aliphatic carbocycles. The summed E-state index contributed by atoms with van der Waals surface area (Å²) in [5, 5.41) is 14.5. The number of carbonyl (C=O) groups is 2. The summed E-state index contributed by atoms with van der Waals surface area (Å²) in [4.78, 5) is 25.9. The maximum atomic E-state index is 13.2. The Morgan fingerprint density at radius 1 is 0.970 bits per heavy atom. The summed E-state index contributed by atoms with van der Waals surface area (Å²) in [6.07, 6.45) is 0.302. The average molecular weight is 525 g/mol. The zero-order valence-corrected chi connectivity index (χ0v) is 19.6. The molecule has 166 valence electrons. The molecule has 0 radical (unpaired) electrons. The maximum absolute atomic E-state index is 13.2. The molecule has 0 fully saturated rings. The zero-order chi connectivity index (χ0) is 23.2. The van der Waals surface area contributed by atoms with Crippen LogP contribution >= 0.6 is 27.3 Å². The lowest BCUT2D eigenvalue weighted by atomic mass is 10.0. The van der Waals surface area contributed by atoms with Crippen LogP contribution in [0, 0.1) is 5.82 Å². The summed E-state index contributed by atoms with van der Waals surface area (Å²) in [6, 6.07) is 21.4. The number of carbonyl (C=O) groups excluding carboxylic acids is 2. The number of halogens is 2. The number of hydrogen-bond donors (Lipinski definition) is 2. The normalized spacial score (nSPS) is 11.6. The van der Waals surface area contributed by atoms with Crippen molar-refractivity contribution in [1.82, 2.24) is 15.5 Å².